The van der Waals surface area contributed by atoms with Gasteiger partial charge in [0.25, 0.3) is 0 Å². The molecule has 1 aromatic rings. The van der Waals surface area contributed by atoms with Gasteiger partial charge in [0.1, 0.15) is 11.5 Å². The van der Waals surface area contributed by atoms with E-state index in [0.29, 0.717) is 0 Å². The van der Waals surface area contributed by atoms with E-state index in [-0.39, 0.29) is 0 Å². The number of ether oxygens (including phenoxy) is 2. The fourth-order valence-corrected chi connectivity index (χ4v) is 2.66. The summed E-state index contributed by atoms with van der Waals surface area (Å²) in [4.78, 5) is 1.76. The maximum Gasteiger partial charge on any atom is 0.119 e. The van der Waals surface area contributed by atoms with E-state index in [4.69, 9.17) is 9.47 Å². The van der Waals surface area contributed by atoms with Crippen molar-refractivity contribution in [1.29, 1.82) is 0 Å². The molecule has 19 heavy (non-hydrogen) atoms. The summed E-state index contributed by atoms with van der Waals surface area (Å²) in [7, 11) is 1.68. The minimum Gasteiger partial charge on any atom is -0.497 e. The smallest absolute Gasteiger partial charge is 0.119 e. The molecule has 3 nitrogen and oxygen atoms in total. The lowest BCUT2D eigenvalue weighted by Crippen LogP contribution is -3.11. The van der Waals surface area contributed by atoms with Gasteiger partial charge in [0.05, 0.1) is 33.4 Å². The summed E-state index contributed by atoms with van der Waals surface area (Å²) >= 11 is 0. The Kier molecular flexibility index (Phi) is 6.02. The third-order valence-corrected chi connectivity index (χ3v) is 3.81. The van der Waals surface area contributed by atoms with Crippen LogP contribution in [0.4, 0.5) is 0 Å². The number of hydrogen-bond donors (Lipinski definition) is 1. The fraction of sp³-hybridized carbons (Fsp3) is 0.625. The number of rotatable bonds is 6. The van der Waals surface area contributed by atoms with Gasteiger partial charge in [-0.1, -0.05) is 0 Å². The Morgan fingerprint density at radius 2 is 1.58 bits per heavy atom. The second-order valence-electron chi connectivity index (χ2n) is 5.29. The first-order valence-electron chi connectivity index (χ1n) is 7.49. The molecule has 106 valence electrons. The molecule has 0 amide bonds. The SMILES string of the molecule is COc1ccc(OCCC[NH+]2CCCCCC2)cc1. The van der Waals surface area contributed by atoms with Crippen LogP contribution in [-0.2, 0) is 0 Å². The van der Waals surface area contributed by atoms with Crippen LogP contribution in [-0.4, -0.2) is 33.4 Å². The van der Waals surface area contributed by atoms with Gasteiger partial charge in [0, 0.05) is 6.42 Å². The Balaban J connectivity index is 1.62. The first-order valence-corrected chi connectivity index (χ1v) is 7.49. The quantitative estimate of drug-likeness (QED) is 0.793. The summed E-state index contributed by atoms with van der Waals surface area (Å²) < 4.78 is 10.9. The Morgan fingerprint density at radius 1 is 0.947 bits per heavy atom. The predicted octanol–water partition coefficient (Wildman–Crippen LogP) is 1.92. The number of nitrogens with one attached hydrogen (secondary N) is 1. The minimum atomic E-state index is 0.815. The molecule has 0 unspecified atom stereocenters. The average Bonchev–Trinajstić information content (AvgIpc) is 2.73. The highest BCUT2D eigenvalue weighted by Crippen LogP contribution is 2.16. The van der Waals surface area contributed by atoms with E-state index in [1.807, 2.05) is 24.3 Å². The van der Waals surface area contributed by atoms with E-state index in [0.717, 1.165) is 24.5 Å². The van der Waals surface area contributed by atoms with E-state index in [9.17, 15) is 0 Å². The van der Waals surface area contributed by atoms with Crippen LogP contribution in [0.25, 0.3) is 0 Å². The normalized spacial score (nSPS) is 16.9. The predicted molar refractivity (Wildman–Crippen MR) is 77.1 cm³/mol. The van der Waals surface area contributed by atoms with Gasteiger partial charge in [-0.3, -0.25) is 0 Å². The monoisotopic (exact) mass is 264 g/mol. The van der Waals surface area contributed by atoms with Crippen LogP contribution in [0.15, 0.2) is 24.3 Å². The average molecular weight is 264 g/mol. The topological polar surface area (TPSA) is 22.9 Å². The van der Waals surface area contributed by atoms with E-state index >= 15 is 0 Å². The molecule has 1 heterocycles. The Morgan fingerprint density at radius 3 is 2.21 bits per heavy atom. The van der Waals surface area contributed by atoms with Crippen LogP contribution >= 0.6 is 0 Å². The maximum atomic E-state index is 5.76. The van der Waals surface area contributed by atoms with E-state index in [1.54, 1.807) is 12.0 Å². The first-order chi connectivity index (χ1) is 9.38. The van der Waals surface area contributed by atoms with E-state index in [2.05, 4.69) is 0 Å². The zero-order valence-electron chi connectivity index (χ0n) is 12.0. The Labute approximate surface area is 116 Å². The number of quaternary nitrogens is 1. The van der Waals surface area contributed by atoms with Crippen molar-refractivity contribution in [3.63, 3.8) is 0 Å². The zero-order valence-corrected chi connectivity index (χ0v) is 12.0. The molecule has 0 aliphatic carbocycles. The number of hydrogen-bond acceptors (Lipinski definition) is 2. The van der Waals surface area contributed by atoms with Crippen molar-refractivity contribution in [2.45, 2.75) is 32.1 Å². The van der Waals surface area contributed by atoms with Crippen LogP contribution in [0.2, 0.25) is 0 Å². The Bertz CT molecular complexity index is 342. The van der Waals surface area contributed by atoms with Gasteiger partial charge in [0.15, 0.2) is 0 Å². The largest absolute Gasteiger partial charge is 0.497 e. The molecule has 1 fully saturated rings. The standard InChI is InChI=1S/C16H25NO2/c1-18-15-7-9-16(10-8-15)19-14-6-13-17-11-4-2-3-5-12-17/h7-10H,2-6,11-14H2,1H3/p+1. The highest BCUT2D eigenvalue weighted by molar-refractivity contribution is 5.31. The van der Waals surface area contributed by atoms with Crippen LogP contribution in [0.3, 0.4) is 0 Å². The second kappa shape index (κ2) is 8.05. The molecule has 0 radical (unpaired) electrons. The van der Waals surface area contributed by atoms with E-state index < -0.39 is 0 Å². The van der Waals surface area contributed by atoms with Crippen LogP contribution in [0.1, 0.15) is 32.1 Å². The summed E-state index contributed by atoms with van der Waals surface area (Å²) in [6.45, 7) is 4.76. The lowest BCUT2D eigenvalue weighted by molar-refractivity contribution is -0.899. The highest BCUT2D eigenvalue weighted by atomic mass is 16.5. The van der Waals surface area contributed by atoms with Crippen molar-refractivity contribution in [3.8, 4) is 11.5 Å². The minimum absolute atomic E-state index is 0.815. The van der Waals surface area contributed by atoms with Gasteiger partial charge in [-0.05, 0) is 49.9 Å². The molecule has 1 N–H and O–H groups in total. The summed E-state index contributed by atoms with van der Waals surface area (Å²) in [5.74, 6) is 1.81. The summed E-state index contributed by atoms with van der Waals surface area (Å²) in [5, 5.41) is 0. The van der Waals surface area contributed by atoms with Crippen molar-refractivity contribution in [2.24, 2.45) is 0 Å². The van der Waals surface area contributed by atoms with Gasteiger partial charge in [-0.2, -0.15) is 0 Å². The van der Waals surface area contributed by atoms with Crippen LogP contribution in [0.5, 0.6) is 11.5 Å². The van der Waals surface area contributed by atoms with Crippen molar-refractivity contribution in [1.82, 2.24) is 0 Å². The molecule has 2 rings (SSSR count). The molecule has 0 saturated carbocycles. The molecule has 0 spiro atoms. The molecule has 1 aliphatic rings. The molecule has 1 aromatic carbocycles. The van der Waals surface area contributed by atoms with Gasteiger partial charge >= 0.3 is 0 Å². The van der Waals surface area contributed by atoms with Crippen molar-refractivity contribution < 1.29 is 14.4 Å². The zero-order chi connectivity index (χ0) is 13.3. The molecule has 0 atom stereocenters. The Hall–Kier alpha value is -1.22. The van der Waals surface area contributed by atoms with Crippen molar-refractivity contribution >= 4 is 0 Å². The number of likely N-dealkylation sites (tertiary alicyclic amines) is 1. The van der Waals surface area contributed by atoms with Gasteiger partial charge in [0.2, 0.25) is 0 Å². The lowest BCUT2D eigenvalue weighted by Gasteiger charge is -2.16. The highest BCUT2D eigenvalue weighted by Gasteiger charge is 2.11. The summed E-state index contributed by atoms with van der Waals surface area (Å²) in [6.07, 6.45) is 6.78. The number of methoxy groups -OCH3 is 1. The molecule has 1 saturated heterocycles. The third kappa shape index (κ3) is 5.11. The van der Waals surface area contributed by atoms with Gasteiger partial charge in [-0.15, -0.1) is 0 Å². The van der Waals surface area contributed by atoms with E-state index in [1.165, 1.54) is 45.3 Å². The summed E-state index contributed by atoms with van der Waals surface area (Å²) in [5.41, 5.74) is 0. The van der Waals surface area contributed by atoms with Crippen molar-refractivity contribution in [2.75, 3.05) is 33.4 Å². The fourth-order valence-electron chi connectivity index (χ4n) is 2.66. The molecule has 0 aromatic heterocycles. The second-order valence-corrected chi connectivity index (χ2v) is 5.29. The maximum absolute atomic E-state index is 5.76. The lowest BCUT2D eigenvalue weighted by atomic mass is 10.2. The third-order valence-electron chi connectivity index (χ3n) is 3.81. The molecule has 1 aliphatic heterocycles. The molecular weight excluding hydrogens is 238 g/mol. The first kappa shape index (κ1) is 14.2. The van der Waals surface area contributed by atoms with Crippen LogP contribution in [0, 0.1) is 0 Å². The molecular formula is C16H26NO2+. The number of benzene rings is 1. The van der Waals surface area contributed by atoms with Gasteiger partial charge in [-0.25, -0.2) is 0 Å². The van der Waals surface area contributed by atoms with Gasteiger partial charge < -0.3 is 14.4 Å². The van der Waals surface area contributed by atoms with Crippen LogP contribution < -0.4 is 14.4 Å². The molecule has 0 bridgehead atoms. The summed E-state index contributed by atoms with van der Waals surface area (Å²) in [6, 6.07) is 7.82. The van der Waals surface area contributed by atoms with Crippen molar-refractivity contribution in [3.05, 3.63) is 24.3 Å². The molecule has 3 heteroatoms.